The smallest absolute Gasteiger partial charge is 0.344 e. The molecule has 25 heavy (non-hydrogen) atoms. The van der Waals surface area contributed by atoms with E-state index in [1.54, 1.807) is 60.7 Å². The van der Waals surface area contributed by atoms with Crippen molar-refractivity contribution in [3.8, 4) is 11.5 Å². The molecule has 0 radical (unpaired) electrons. The summed E-state index contributed by atoms with van der Waals surface area (Å²) in [5, 5.41) is 0.306. The minimum Gasteiger partial charge on any atom is -0.423 e. The number of carbonyl (C=O) groups is 2. The van der Waals surface area contributed by atoms with E-state index in [9.17, 15) is 9.59 Å². The van der Waals surface area contributed by atoms with Crippen molar-refractivity contribution in [2.24, 2.45) is 0 Å². The molecule has 0 saturated carbocycles. The Bertz CT molecular complexity index is 906. The normalized spacial score (nSPS) is 10.1. The van der Waals surface area contributed by atoms with Gasteiger partial charge in [-0.1, -0.05) is 54.1 Å². The second-order valence-corrected chi connectivity index (χ2v) is 5.48. The lowest BCUT2D eigenvalue weighted by atomic mass is 10.1. The Balaban J connectivity index is 1.84. The predicted molar refractivity (Wildman–Crippen MR) is 94.3 cm³/mol. The molecule has 0 aliphatic rings. The largest absolute Gasteiger partial charge is 0.423 e. The van der Waals surface area contributed by atoms with Crippen LogP contribution in [-0.4, -0.2) is 11.9 Å². The maximum atomic E-state index is 12.5. The van der Waals surface area contributed by atoms with Crippen LogP contribution in [0.5, 0.6) is 11.5 Å². The summed E-state index contributed by atoms with van der Waals surface area (Å²) in [6, 6.07) is 21.5. The number of rotatable bonds is 4. The molecule has 0 unspecified atom stereocenters. The molecule has 0 atom stereocenters. The lowest BCUT2D eigenvalue weighted by molar-refractivity contribution is 0.0692. The Morgan fingerprint density at radius 2 is 1.16 bits per heavy atom. The number of esters is 2. The van der Waals surface area contributed by atoms with Gasteiger partial charge in [0.25, 0.3) is 0 Å². The summed E-state index contributed by atoms with van der Waals surface area (Å²) in [5.74, 6) is -0.714. The molecule has 0 bridgehead atoms. The zero-order chi connectivity index (χ0) is 17.6. The van der Waals surface area contributed by atoms with Crippen molar-refractivity contribution in [1.82, 2.24) is 0 Å². The molecule has 0 N–H and O–H groups in total. The van der Waals surface area contributed by atoms with E-state index in [1.807, 2.05) is 6.07 Å². The number of benzene rings is 3. The molecule has 0 aliphatic heterocycles. The number of halogens is 1. The van der Waals surface area contributed by atoms with Crippen LogP contribution in [0.4, 0.5) is 0 Å². The first-order chi connectivity index (χ1) is 12.1. The van der Waals surface area contributed by atoms with E-state index in [0.717, 1.165) is 0 Å². The number of ether oxygens (including phenoxy) is 2. The minimum absolute atomic E-state index is 0.100. The highest BCUT2D eigenvalue weighted by atomic mass is 35.5. The molecule has 0 spiro atoms. The molecule has 4 nitrogen and oxygen atoms in total. The number of hydrogen-bond acceptors (Lipinski definition) is 4. The van der Waals surface area contributed by atoms with E-state index in [2.05, 4.69) is 0 Å². The van der Waals surface area contributed by atoms with Gasteiger partial charge in [0, 0.05) is 0 Å². The van der Waals surface area contributed by atoms with Gasteiger partial charge >= 0.3 is 11.9 Å². The van der Waals surface area contributed by atoms with E-state index in [4.69, 9.17) is 21.1 Å². The topological polar surface area (TPSA) is 52.6 Å². The number of para-hydroxylation sites is 2. The van der Waals surface area contributed by atoms with Crippen molar-refractivity contribution < 1.29 is 19.1 Å². The van der Waals surface area contributed by atoms with Crippen molar-refractivity contribution in [1.29, 1.82) is 0 Å². The highest BCUT2D eigenvalue weighted by Crippen LogP contribution is 2.25. The average molecular weight is 353 g/mol. The molecule has 0 amide bonds. The SMILES string of the molecule is O=C(Oc1ccccc1)c1ccccc1C(=O)Oc1ccccc1Cl. The Hall–Kier alpha value is -3.11. The summed E-state index contributed by atoms with van der Waals surface area (Å²) in [6.45, 7) is 0. The van der Waals surface area contributed by atoms with Crippen LogP contribution >= 0.6 is 11.6 Å². The van der Waals surface area contributed by atoms with Gasteiger partial charge in [0.1, 0.15) is 11.5 Å². The van der Waals surface area contributed by atoms with Gasteiger partial charge in [0.2, 0.25) is 0 Å². The van der Waals surface area contributed by atoms with Crippen molar-refractivity contribution in [2.45, 2.75) is 0 Å². The zero-order valence-corrected chi connectivity index (χ0v) is 13.8. The first kappa shape index (κ1) is 16.7. The van der Waals surface area contributed by atoms with Crippen LogP contribution in [0.2, 0.25) is 5.02 Å². The Labute approximate surface area is 149 Å². The van der Waals surface area contributed by atoms with Crippen molar-refractivity contribution in [2.75, 3.05) is 0 Å². The van der Waals surface area contributed by atoms with Crippen molar-refractivity contribution in [3.05, 3.63) is 95.0 Å². The van der Waals surface area contributed by atoms with Crippen LogP contribution in [0.3, 0.4) is 0 Å². The molecule has 124 valence electrons. The summed E-state index contributed by atoms with van der Waals surface area (Å²) in [7, 11) is 0. The Morgan fingerprint density at radius 1 is 0.640 bits per heavy atom. The average Bonchev–Trinajstić information content (AvgIpc) is 2.64. The van der Waals surface area contributed by atoms with E-state index in [0.29, 0.717) is 10.8 Å². The van der Waals surface area contributed by atoms with Gasteiger partial charge in [0.15, 0.2) is 0 Å². The van der Waals surface area contributed by atoms with Crippen molar-refractivity contribution >= 4 is 23.5 Å². The first-order valence-electron chi connectivity index (χ1n) is 7.48. The molecule has 3 aromatic carbocycles. The van der Waals surface area contributed by atoms with Gasteiger partial charge < -0.3 is 9.47 Å². The van der Waals surface area contributed by atoms with Gasteiger partial charge in [0.05, 0.1) is 16.1 Å². The third-order valence-corrected chi connectivity index (χ3v) is 3.67. The minimum atomic E-state index is -0.686. The number of carbonyl (C=O) groups excluding carboxylic acids is 2. The van der Waals surface area contributed by atoms with Gasteiger partial charge in [-0.2, -0.15) is 0 Å². The summed E-state index contributed by atoms with van der Waals surface area (Å²) in [5.41, 5.74) is 0.215. The van der Waals surface area contributed by atoms with Gasteiger partial charge in [-0.25, -0.2) is 9.59 Å². The van der Waals surface area contributed by atoms with Crippen LogP contribution in [0.1, 0.15) is 20.7 Å². The van der Waals surface area contributed by atoms with Crippen LogP contribution in [-0.2, 0) is 0 Å². The molecule has 0 fully saturated rings. The maximum Gasteiger partial charge on any atom is 0.344 e. The predicted octanol–water partition coefficient (Wildman–Crippen LogP) is 4.78. The van der Waals surface area contributed by atoms with Gasteiger partial charge in [-0.3, -0.25) is 0 Å². The van der Waals surface area contributed by atoms with E-state index in [-0.39, 0.29) is 16.9 Å². The van der Waals surface area contributed by atoms with E-state index >= 15 is 0 Å². The molecule has 0 aromatic heterocycles. The fraction of sp³-hybridized carbons (Fsp3) is 0. The third-order valence-electron chi connectivity index (χ3n) is 3.36. The molecule has 3 aromatic rings. The van der Waals surface area contributed by atoms with Gasteiger partial charge in [-0.05, 0) is 36.4 Å². The summed E-state index contributed by atoms with van der Waals surface area (Å²) >= 11 is 6.00. The molecule has 0 saturated heterocycles. The maximum absolute atomic E-state index is 12.5. The van der Waals surface area contributed by atoms with Gasteiger partial charge in [-0.15, -0.1) is 0 Å². The molecule has 5 heteroatoms. The monoisotopic (exact) mass is 352 g/mol. The fourth-order valence-corrected chi connectivity index (χ4v) is 2.35. The van der Waals surface area contributed by atoms with Crippen LogP contribution in [0.15, 0.2) is 78.9 Å². The summed E-state index contributed by atoms with van der Waals surface area (Å²) in [4.78, 5) is 24.9. The summed E-state index contributed by atoms with van der Waals surface area (Å²) in [6.07, 6.45) is 0. The molecular formula is C20H13ClO4. The van der Waals surface area contributed by atoms with E-state index in [1.165, 1.54) is 12.1 Å². The highest BCUT2D eigenvalue weighted by Gasteiger charge is 2.20. The van der Waals surface area contributed by atoms with Crippen LogP contribution in [0.25, 0.3) is 0 Å². The highest BCUT2D eigenvalue weighted by molar-refractivity contribution is 6.32. The lowest BCUT2D eigenvalue weighted by Crippen LogP contribution is -2.17. The van der Waals surface area contributed by atoms with E-state index < -0.39 is 11.9 Å². The Morgan fingerprint density at radius 3 is 1.80 bits per heavy atom. The quantitative estimate of drug-likeness (QED) is 0.501. The zero-order valence-electron chi connectivity index (χ0n) is 13.0. The second kappa shape index (κ2) is 7.64. The fourth-order valence-electron chi connectivity index (χ4n) is 2.17. The number of hydrogen-bond donors (Lipinski definition) is 0. The second-order valence-electron chi connectivity index (χ2n) is 5.07. The molecular weight excluding hydrogens is 340 g/mol. The lowest BCUT2D eigenvalue weighted by Gasteiger charge is -2.10. The molecule has 0 aliphatic carbocycles. The standard InChI is InChI=1S/C20H13ClO4/c21-17-12-6-7-13-18(17)25-20(23)16-11-5-4-10-15(16)19(22)24-14-8-2-1-3-9-14/h1-13H. The molecule has 3 rings (SSSR count). The first-order valence-corrected chi connectivity index (χ1v) is 7.86. The Kier molecular flexibility index (Phi) is 5.11. The molecule has 0 heterocycles. The van der Waals surface area contributed by atoms with Crippen molar-refractivity contribution in [3.63, 3.8) is 0 Å². The van der Waals surface area contributed by atoms with Crippen LogP contribution < -0.4 is 9.47 Å². The summed E-state index contributed by atoms with van der Waals surface area (Å²) < 4.78 is 10.6. The van der Waals surface area contributed by atoms with Crippen LogP contribution in [0, 0.1) is 0 Å². The third kappa shape index (κ3) is 4.05.